The normalized spacial score (nSPS) is 16.0. The van der Waals surface area contributed by atoms with E-state index in [0.29, 0.717) is 6.61 Å². The van der Waals surface area contributed by atoms with Crippen molar-refractivity contribution in [3.8, 4) is 11.1 Å². The average Bonchev–Trinajstić information content (AvgIpc) is 2.89. The molecule has 0 aliphatic carbocycles. The van der Waals surface area contributed by atoms with Gasteiger partial charge < -0.3 is 9.64 Å². The number of thioether (sulfide) groups is 1. The lowest BCUT2D eigenvalue weighted by Crippen LogP contribution is -2.29. The third kappa shape index (κ3) is 5.25. The fraction of sp³-hybridized carbons (Fsp3) is 0.400. The zero-order valence-corrected chi connectivity index (χ0v) is 15.5. The van der Waals surface area contributed by atoms with Gasteiger partial charge in [0.2, 0.25) is 0 Å². The van der Waals surface area contributed by atoms with Crippen LogP contribution in [0.25, 0.3) is 11.1 Å². The van der Waals surface area contributed by atoms with E-state index in [4.69, 9.17) is 16.3 Å². The van der Waals surface area contributed by atoms with Gasteiger partial charge in [0.25, 0.3) is 0 Å². The van der Waals surface area contributed by atoms with Crippen LogP contribution in [0.2, 0.25) is 5.02 Å². The molecule has 4 heteroatoms. The van der Waals surface area contributed by atoms with Gasteiger partial charge in [-0.05, 0) is 47.5 Å². The molecule has 3 rings (SSSR count). The van der Waals surface area contributed by atoms with Gasteiger partial charge in [-0.25, -0.2) is 0 Å². The van der Waals surface area contributed by atoms with Crippen LogP contribution in [0.3, 0.4) is 0 Å². The molecule has 0 N–H and O–H groups in total. The molecule has 1 heterocycles. The van der Waals surface area contributed by atoms with Crippen LogP contribution in [0.15, 0.2) is 48.5 Å². The molecule has 0 spiro atoms. The Hall–Kier alpha value is -1.00. The minimum Gasteiger partial charge on any atom is -0.375 e. The zero-order valence-electron chi connectivity index (χ0n) is 13.9. The van der Waals surface area contributed by atoms with Crippen LogP contribution < -0.4 is 0 Å². The molecule has 1 saturated heterocycles. The van der Waals surface area contributed by atoms with Gasteiger partial charge in [-0.2, -0.15) is 11.8 Å². The highest BCUT2D eigenvalue weighted by molar-refractivity contribution is 7.99. The van der Waals surface area contributed by atoms with E-state index in [-0.39, 0.29) is 0 Å². The first kappa shape index (κ1) is 17.8. The van der Waals surface area contributed by atoms with Gasteiger partial charge in [-0.15, -0.1) is 0 Å². The van der Waals surface area contributed by atoms with Crippen LogP contribution in [-0.2, 0) is 11.3 Å². The Morgan fingerprint density at radius 2 is 1.83 bits per heavy atom. The Bertz CT molecular complexity index is 624. The van der Waals surface area contributed by atoms with E-state index in [1.807, 2.05) is 12.1 Å². The van der Waals surface area contributed by atoms with Crippen LogP contribution in [0, 0.1) is 0 Å². The molecule has 2 aromatic rings. The molecule has 1 aliphatic rings. The van der Waals surface area contributed by atoms with Crippen molar-refractivity contribution in [3.05, 3.63) is 59.1 Å². The second-order valence-electron chi connectivity index (χ2n) is 6.02. The summed E-state index contributed by atoms with van der Waals surface area (Å²) in [5.41, 5.74) is 3.63. The van der Waals surface area contributed by atoms with E-state index in [0.717, 1.165) is 18.2 Å². The summed E-state index contributed by atoms with van der Waals surface area (Å²) >= 11 is 8.06. The summed E-state index contributed by atoms with van der Waals surface area (Å²) in [5.74, 6) is 2.55. The van der Waals surface area contributed by atoms with Gasteiger partial charge in [0.15, 0.2) is 0 Å². The highest BCUT2D eigenvalue weighted by atomic mass is 35.5. The topological polar surface area (TPSA) is 12.5 Å². The molecule has 1 fully saturated rings. The minimum atomic E-state index is 0.654. The standard InChI is InChI=1S/C20H24ClNOS/c21-19-8-6-17(7-9-19)20-5-2-1-4-18(20)16-23-13-11-22-10-3-14-24-15-12-22/h1-2,4-9H,3,10-16H2. The van der Waals surface area contributed by atoms with Crippen molar-refractivity contribution in [1.29, 1.82) is 0 Å². The van der Waals surface area contributed by atoms with Crippen molar-refractivity contribution in [2.45, 2.75) is 13.0 Å². The van der Waals surface area contributed by atoms with Crippen LogP contribution in [0.1, 0.15) is 12.0 Å². The molecule has 0 radical (unpaired) electrons. The molecule has 24 heavy (non-hydrogen) atoms. The third-order valence-electron chi connectivity index (χ3n) is 4.30. The number of hydrogen-bond acceptors (Lipinski definition) is 3. The number of rotatable bonds is 6. The molecule has 0 atom stereocenters. The van der Waals surface area contributed by atoms with E-state index in [9.17, 15) is 0 Å². The lowest BCUT2D eigenvalue weighted by atomic mass is 10.0. The van der Waals surface area contributed by atoms with E-state index in [1.165, 1.54) is 47.7 Å². The molecule has 2 nitrogen and oxygen atoms in total. The summed E-state index contributed by atoms with van der Waals surface area (Å²) in [6, 6.07) is 16.4. The molecule has 0 amide bonds. The highest BCUT2D eigenvalue weighted by Crippen LogP contribution is 2.25. The van der Waals surface area contributed by atoms with Crippen molar-refractivity contribution in [2.24, 2.45) is 0 Å². The minimum absolute atomic E-state index is 0.654. The fourth-order valence-electron chi connectivity index (χ4n) is 2.95. The van der Waals surface area contributed by atoms with E-state index in [2.05, 4.69) is 53.1 Å². The smallest absolute Gasteiger partial charge is 0.0723 e. The summed E-state index contributed by atoms with van der Waals surface area (Å²) in [6.45, 7) is 4.87. The van der Waals surface area contributed by atoms with Crippen molar-refractivity contribution < 1.29 is 4.74 Å². The van der Waals surface area contributed by atoms with Crippen molar-refractivity contribution in [1.82, 2.24) is 4.90 Å². The number of hydrogen-bond donors (Lipinski definition) is 0. The molecule has 128 valence electrons. The first-order valence-corrected chi connectivity index (χ1v) is 10.1. The summed E-state index contributed by atoms with van der Waals surface area (Å²) < 4.78 is 5.97. The van der Waals surface area contributed by atoms with Crippen LogP contribution >= 0.6 is 23.4 Å². The second kappa shape index (κ2) is 9.47. The number of nitrogens with zero attached hydrogens (tertiary/aromatic N) is 1. The Labute approximate surface area is 154 Å². The molecule has 0 bridgehead atoms. The Morgan fingerprint density at radius 3 is 2.71 bits per heavy atom. The first-order chi connectivity index (χ1) is 11.8. The van der Waals surface area contributed by atoms with Gasteiger partial charge in [0.1, 0.15) is 0 Å². The number of benzene rings is 2. The zero-order chi connectivity index (χ0) is 16.6. The maximum absolute atomic E-state index is 6.00. The summed E-state index contributed by atoms with van der Waals surface area (Å²) in [7, 11) is 0. The van der Waals surface area contributed by atoms with Crippen LogP contribution in [0.4, 0.5) is 0 Å². The maximum atomic E-state index is 6.00. The van der Waals surface area contributed by atoms with Gasteiger partial charge in [-0.3, -0.25) is 0 Å². The lowest BCUT2D eigenvalue weighted by molar-refractivity contribution is 0.0951. The van der Waals surface area contributed by atoms with Crippen molar-refractivity contribution in [3.63, 3.8) is 0 Å². The van der Waals surface area contributed by atoms with Crippen LogP contribution in [0.5, 0.6) is 0 Å². The van der Waals surface area contributed by atoms with E-state index >= 15 is 0 Å². The predicted octanol–water partition coefficient (Wildman–Crippen LogP) is 4.96. The number of ether oxygens (including phenoxy) is 1. The maximum Gasteiger partial charge on any atom is 0.0723 e. The third-order valence-corrected chi connectivity index (χ3v) is 5.60. The van der Waals surface area contributed by atoms with Crippen LogP contribution in [-0.4, -0.2) is 42.6 Å². The fourth-order valence-corrected chi connectivity index (χ4v) is 4.00. The molecule has 0 saturated carbocycles. The summed E-state index contributed by atoms with van der Waals surface area (Å²) in [6.07, 6.45) is 1.30. The quantitative estimate of drug-likeness (QED) is 0.674. The monoisotopic (exact) mass is 361 g/mol. The molecule has 0 unspecified atom stereocenters. The predicted molar refractivity (Wildman–Crippen MR) is 105 cm³/mol. The van der Waals surface area contributed by atoms with Gasteiger partial charge in [-0.1, -0.05) is 48.0 Å². The van der Waals surface area contributed by atoms with E-state index < -0.39 is 0 Å². The molecule has 0 aromatic heterocycles. The lowest BCUT2D eigenvalue weighted by Gasteiger charge is -2.19. The molecular formula is C20H24ClNOS. The molecule has 2 aromatic carbocycles. The van der Waals surface area contributed by atoms with Gasteiger partial charge in [0.05, 0.1) is 13.2 Å². The molecule has 1 aliphatic heterocycles. The average molecular weight is 362 g/mol. The first-order valence-electron chi connectivity index (χ1n) is 8.54. The van der Waals surface area contributed by atoms with E-state index in [1.54, 1.807) is 0 Å². The van der Waals surface area contributed by atoms with Gasteiger partial charge in [0, 0.05) is 23.9 Å². The molecular weight excluding hydrogens is 338 g/mol. The Kier molecular flexibility index (Phi) is 7.03. The van der Waals surface area contributed by atoms with Gasteiger partial charge >= 0.3 is 0 Å². The Balaban J connectivity index is 1.54. The largest absolute Gasteiger partial charge is 0.375 e. The Morgan fingerprint density at radius 1 is 1.00 bits per heavy atom. The second-order valence-corrected chi connectivity index (χ2v) is 7.69. The SMILES string of the molecule is Clc1ccc(-c2ccccc2COCCN2CCCSCC2)cc1. The summed E-state index contributed by atoms with van der Waals surface area (Å²) in [5, 5.41) is 0.767. The number of halogens is 1. The van der Waals surface area contributed by atoms with Crippen molar-refractivity contribution in [2.75, 3.05) is 37.7 Å². The van der Waals surface area contributed by atoms with Crippen molar-refractivity contribution >= 4 is 23.4 Å². The highest BCUT2D eigenvalue weighted by Gasteiger charge is 2.09. The summed E-state index contributed by atoms with van der Waals surface area (Å²) in [4.78, 5) is 2.52.